The van der Waals surface area contributed by atoms with Gasteiger partial charge in [-0.05, 0) is 14.0 Å². The fraction of sp³-hybridized carbons (Fsp3) is 0.727. The number of nitrogens with zero attached hydrogens (tertiary/aromatic N) is 2. The molecule has 1 aromatic rings. The van der Waals surface area contributed by atoms with Crippen molar-refractivity contribution in [3.63, 3.8) is 0 Å². The number of hydrogen-bond acceptors (Lipinski definition) is 3. The molecule has 4 nitrogen and oxygen atoms in total. The third-order valence-electron chi connectivity index (χ3n) is 3.01. The summed E-state index contributed by atoms with van der Waals surface area (Å²) in [5.74, 6) is -3.69. The summed E-state index contributed by atoms with van der Waals surface area (Å²) in [5.41, 5.74) is -0.290. The summed E-state index contributed by atoms with van der Waals surface area (Å²) in [5, 5.41) is 5.82. The normalized spacial score (nSPS) is 14.6. The van der Waals surface area contributed by atoms with Crippen LogP contribution < -0.4 is 10.1 Å². The molecule has 0 saturated carbocycles. The largest absolute Gasteiger partial charge is 0.493 e. The van der Waals surface area contributed by atoms with Gasteiger partial charge in [0.05, 0.1) is 25.0 Å². The van der Waals surface area contributed by atoms with Gasteiger partial charge >= 0.3 is 12.4 Å². The average molecular weight is 319 g/mol. The smallest absolute Gasteiger partial charge is 0.402 e. The van der Waals surface area contributed by atoms with Gasteiger partial charge in [-0.25, -0.2) is 0 Å². The van der Waals surface area contributed by atoms with E-state index in [0.29, 0.717) is 0 Å². The van der Waals surface area contributed by atoms with Gasteiger partial charge in [0.25, 0.3) is 0 Å². The second-order valence-corrected chi connectivity index (χ2v) is 4.24. The van der Waals surface area contributed by atoms with Crippen LogP contribution in [0.15, 0.2) is 6.20 Å². The Labute approximate surface area is 117 Å². The average Bonchev–Trinajstić information content (AvgIpc) is 2.75. The van der Waals surface area contributed by atoms with Crippen LogP contribution in [-0.2, 0) is 6.54 Å². The fourth-order valence-corrected chi connectivity index (χ4v) is 2.13. The van der Waals surface area contributed by atoms with Crippen molar-refractivity contribution in [3.05, 3.63) is 11.9 Å². The van der Waals surface area contributed by atoms with Gasteiger partial charge in [-0.1, -0.05) is 0 Å². The highest BCUT2D eigenvalue weighted by Gasteiger charge is 2.61. The highest BCUT2D eigenvalue weighted by molar-refractivity contribution is 5.29. The standard InChI is InChI=1S/C11H15F6N3O/c1-4-20-8(6(21-3)5-19-20)7(18-2)9(10(12,13)14)11(15,16)17/h5,7,9,18H,4H2,1-3H3. The first-order valence-corrected chi connectivity index (χ1v) is 5.98. The minimum atomic E-state index is -5.46. The molecule has 0 aliphatic heterocycles. The molecule has 0 bridgehead atoms. The molecule has 1 atom stereocenters. The number of alkyl halides is 6. The zero-order valence-corrected chi connectivity index (χ0v) is 11.5. The molecule has 1 N–H and O–H groups in total. The zero-order chi connectivity index (χ0) is 16.4. The Kier molecular flexibility index (Phi) is 5.13. The van der Waals surface area contributed by atoms with E-state index in [0.717, 1.165) is 25.0 Å². The van der Waals surface area contributed by atoms with Crippen LogP contribution in [0.5, 0.6) is 5.75 Å². The van der Waals surface area contributed by atoms with Gasteiger partial charge in [-0.3, -0.25) is 4.68 Å². The monoisotopic (exact) mass is 319 g/mol. The number of nitrogens with one attached hydrogen (secondary N) is 1. The number of halogens is 6. The van der Waals surface area contributed by atoms with Gasteiger partial charge in [-0.2, -0.15) is 31.4 Å². The molecular weight excluding hydrogens is 304 g/mol. The van der Waals surface area contributed by atoms with Crippen molar-refractivity contribution in [1.29, 1.82) is 0 Å². The van der Waals surface area contributed by atoms with Crippen molar-refractivity contribution >= 4 is 0 Å². The molecule has 0 aromatic carbocycles. The van der Waals surface area contributed by atoms with E-state index in [9.17, 15) is 26.3 Å². The maximum absolute atomic E-state index is 12.9. The van der Waals surface area contributed by atoms with Gasteiger partial charge in [0.1, 0.15) is 0 Å². The molecule has 10 heteroatoms. The number of ether oxygens (including phenoxy) is 1. The lowest BCUT2D eigenvalue weighted by Gasteiger charge is -2.31. The van der Waals surface area contributed by atoms with Crippen molar-refractivity contribution in [1.82, 2.24) is 15.1 Å². The molecular formula is C11H15F6N3O. The van der Waals surface area contributed by atoms with Gasteiger partial charge in [-0.15, -0.1) is 0 Å². The van der Waals surface area contributed by atoms with Gasteiger partial charge < -0.3 is 10.1 Å². The quantitative estimate of drug-likeness (QED) is 0.848. The molecule has 122 valence electrons. The summed E-state index contributed by atoms with van der Waals surface area (Å²) in [6.45, 7) is 1.66. The van der Waals surface area contributed by atoms with Crippen molar-refractivity contribution in [2.75, 3.05) is 14.2 Å². The van der Waals surface area contributed by atoms with Crippen LogP contribution in [0.25, 0.3) is 0 Å². The Morgan fingerprint density at radius 2 is 1.76 bits per heavy atom. The van der Waals surface area contributed by atoms with Crippen LogP contribution >= 0.6 is 0 Å². The van der Waals surface area contributed by atoms with E-state index in [-0.39, 0.29) is 18.0 Å². The van der Waals surface area contributed by atoms with E-state index in [4.69, 9.17) is 4.74 Å². The fourth-order valence-electron chi connectivity index (χ4n) is 2.13. The summed E-state index contributed by atoms with van der Waals surface area (Å²) >= 11 is 0. The van der Waals surface area contributed by atoms with E-state index in [2.05, 4.69) is 10.4 Å². The molecule has 1 rings (SSSR count). The van der Waals surface area contributed by atoms with E-state index in [1.807, 2.05) is 0 Å². The van der Waals surface area contributed by atoms with E-state index in [1.165, 1.54) is 0 Å². The van der Waals surface area contributed by atoms with Crippen molar-refractivity contribution in [3.8, 4) is 5.75 Å². The Hall–Kier alpha value is -1.45. The van der Waals surface area contributed by atoms with Crippen LogP contribution in [0.4, 0.5) is 26.3 Å². The Morgan fingerprint density at radius 3 is 2.10 bits per heavy atom. The van der Waals surface area contributed by atoms with Gasteiger partial charge in [0.2, 0.25) is 0 Å². The Morgan fingerprint density at radius 1 is 1.24 bits per heavy atom. The molecule has 21 heavy (non-hydrogen) atoms. The number of hydrogen-bond donors (Lipinski definition) is 1. The third-order valence-corrected chi connectivity index (χ3v) is 3.01. The van der Waals surface area contributed by atoms with Crippen LogP contribution in [0, 0.1) is 5.92 Å². The number of rotatable bonds is 5. The van der Waals surface area contributed by atoms with Crippen LogP contribution in [0.1, 0.15) is 18.7 Å². The lowest BCUT2D eigenvalue weighted by molar-refractivity contribution is -0.293. The number of aryl methyl sites for hydroxylation is 1. The molecule has 1 unspecified atom stereocenters. The zero-order valence-electron chi connectivity index (χ0n) is 11.5. The second kappa shape index (κ2) is 6.12. The second-order valence-electron chi connectivity index (χ2n) is 4.24. The molecule has 1 heterocycles. The lowest BCUT2D eigenvalue weighted by Crippen LogP contribution is -2.45. The van der Waals surface area contributed by atoms with Crippen LogP contribution in [0.3, 0.4) is 0 Å². The minimum absolute atomic E-state index is 0.110. The molecule has 0 fully saturated rings. The predicted octanol–water partition coefficient (Wildman–Crippen LogP) is 2.91. The van der Waals surface area contributed by atoms with Crippen LogP contribution in [0.2, 0.25) is 0 Å². The topological polar surface area (TPSA) is 39.1 Å². The van der Waals surface area contributed by atoms with E-state index < -0.39 is 24.3 Å². The summed E-state index contributed by atoms with van der Waals surface area (Å²) in [6, 6.07) is -2.05. The molecule has 0 spiro atoms. The molecule has 0 aliphatic rings. The minimum Gasteiger partial charge on any atom is -0.493 e. The third kappa shape index (κ3) is 3.60. The molecule has 1 aromatic heterocycles. The summed E-state index contributed by atoms with van der Waals surface area (Å²) < 4.78 is 83.2. The SMILES string of the molecule is CCn1ncc(OC)c1C(NC)C(C(F)(F)F)C(F)(F)F. The lowest BCUT2D eigenvalue weighted by atomic mass is 9.95. The first kappa shape index (κ1) is 17.6. The summed E-state index contributed by atoms with van der Waals surface area (Å²) in [4.78, 5) is 0. The van der Waals surface area contributed by atoms with Gasteiger partial charge in [0.15, 0.2) is 11.7 Å². The summed E-state index contributed by atoms with van der Waals surface area (Å²) in [6.07, 6.45) is -9.83. The van der Waals surface area contributed by atoms with E-state index in [1.54, 1.807) is 6.92 Å². The molecule has 0 aliphatic carbocycles. The van der Waals surface area contributed by atoms with Gasteiger partial charge in [0, 0.05) is 6.54 Å². The molecule has 0 radical (unpaired) electrons. The Bertz CT molecular complexity index is 432. The van der Waals surface area contributed by atoms with Crippen molar-refractivity contribution in [2.24, 2.45) is 5.92 Å². The maximum Gasteiger partial charge on any atom is 0.402 e. The van der Waals surface area contributed by atoms with Crippen LogP contribution in [-0.4, -0.2) is 36.3 Å². The molecule has 0 saturated heterocycles. The molecule has 0 amide bonds. The number of methoxy groups -OCH3 is 1. The van der Waals surface area contributed by atoms with Crippen molar-refractivity contribution < 1.29 is 31.1 Å². The summed E-state index contributed by atoms with van der Waals surface area (Å²) in [7, 11) is 2.19. The van der Waals surface area contributed by atoms with E-state index >= 15 is 0 Å². The highest BCUT2D eigenvalue weighted by atomic mass is 19.4. The Balaban J connectivity index is 3.43. The number of aromatic nitrogens is 2. The first-order chi connectivity index (χ1) is 9.57. The highest BCUT2D eigenvalue weighted by Crippen LogP contribution is 2.47. The maximum atomic E-state index is 12.9. The predicted molar refractivity (Wildman–Crippen MR) is 61.9 cm³/mol. The van der Waals surface area contributed by atoms with Crippen molar-refractivity contribution in [2.45, 2.75) is 31.9 Å². The first-order valence-electron chi connectivity index (χ1n) is 5.98.